The van der Waals surface area contributed by atoms with Crippen LogP contribution in [0, 0.1) is 25.2 Å². The number of amides is 2. The van der Waals surface area contributed by atoms with Crippen molar-refractivity contribution in [2.75, 3.05) is 18.4 Å². The summed E-state index contributed by atoms with van der Waals surface area (Å²) >= 11 is 0. The van der Waals surface area contributed by atoms with Crippen LogP contribution in [0.3, 0.4) is 0 Å². The number of aryl methyl sites for hydroxylation is 2. The van der Waals surface area contributed by atoms with Crippen molar-refractivity contribution in [2.45, 2.75) is 46.5 Å². The molecule has 0 unspecified atom stereocenters. The van der Waals surface area contributed by atoms with Crippen molar-refractivity contribution in [3.63, 3.8) is 0 Å². The van der Waals surface area contributed by atoms with Crippen LogP contribution in [0.25, 0.3) is 0 Å². The standard InChI is InChI=1S/C19H26N2O2/c1-13-6-10-21(11-7-13)18(23)19(8-9-19)17(22)20-16-5-4-14(2)15(3)12-16/h4-5,12-13H,6-11H2,1-3H3,(H,20,22). The second kappa shape index (κ2) is 5.99. The lowest BCUT2D eigenvalue weighted by Gasteiger charge is -2.32. The number of carbonyl (C=O) groups is 2. The van der Waals surface area contributed by atoms with Crippen LogP contribution in [-0.2, 0) is 9.59 Å². The van der Waals surface area contributed by atoms with Gasteiger partial charge in [-0.15, -0.1) is 0 Å². The highest BCUT2D eigenvalue weighted by atomic mass is 16.2. The van der Waals surface area contributed by atoms with Gasteiger partial charge in [0.25, 0.3) is 0 Å². The Labute approximate surface area is 138 Å². The van der Waals surface area contributed by atoms with E-state index in [4.69, 9.17) is 0 Å². The van der Waals surface area contributed by atoms with Gasteiger partial charge in [-0.05, 0) is 68.7 Å². The zero-order valence-corrected chi connectivity index (χ0v) is 14.3. The molecule has 1 saturated carbocycles. The number of rotatable bonds is 3. The lowest BCUT2D eigenvalue weighted by Crippen LogP contribution is -2.46. The summed E-state index contributed by atoms with van der Waals surface area (Å²) in [5.74, 6) is 0.577. The highest BCUT2D eigenvalue weighted by Crippen LogP contribution is 2.48. The van der Waals surface area contributed by atoms with E-state index >= 15 is 0 Å². The molecule has 0 spiro atoms. The van der Waals surface area contributed by atoms with Crippen LogP contribution >= 0.6 is 0 Å². The van der Waals surface area contributed by atoms with Crippen molar-refractivity contribution in [2.24, 2.45) is 11.3 Å². The van der Waals surface area contributed by atoms with E-state index in [9.17, 15) is 9.59 Å². The smallest absolute Gasteiger partial charge is 0.240 e. The van der Waals surface area contributed by atoms with Crippen molar-refractivity contribution in [1.82, 2.24) is 4.90 Å². The van der Waals surface area contributed by atoms with Crippen molar-refractivity contribution in [3.05, 3.63) is 29.3 Å². The Morgan fingerprint density at radius 3 is 2.35 bits per heavy atom. The Kier molecular flexibility index (Phi) is 4.17. The SMILES string of the molecule is Cc1ccc(NC(=O)C2(C(=O)N3CCC(C)CC3)CC2)cc1C. The number of benzene rings is 1. The first kappa shape index (κ1) is 16.0. The molecule has 4 nitrogen and oxygen atoms in total. The molecule has 1 aliphatic carbocycles. The van der Waals surface area contributed by atoms with Crippen LogP contribution < -0.4 is 5.32 Å². The molecule has 1 saturated heterocycles. The van der Waals surface area contributed by atoms with Gasteiger partial charge in [0.2, 0.25) is 11.8 Å². The summed E-state index contributed by atoms with van der Waals surface area (Å²) in [6.07, 6.45) is 3.43. The van der Waals surface area contributed by atoms with Crippen molar-refractivity contribution >= 4 is 17.5 Å². The van der Waals surface area contributed by atoms with E-state index in [0.29, 0.717) is 18.8 Å². The van der Waals surface area contributed by atoms with E-state index in [1.165, 1.54) is 5.56 Å². The maximum Gasteiger partial charge on any atom is 0.240 e. The van der Waals surface area contributed by atoms with Crippen LogP contribution in [0.4, 0.5) is 5.69 Å². The molecular weight excluding hydrogens is 288 g/mol. The molecule has 124 valence electrons. The van der Waals surface area contributed by atoms with Gasteiger partial charge in [-0.2, -0.15) is 0 Å². The van der Waals surface area contributed by atoms with Crippen molar-refractivity contribution in [3.8, 4) is 0 Å². The van der Waals surface area contributed by atoms with E-state index in [1.807, 2.05) is 36.9 Å². The Bertz CT molecular complexity index is 626. The maximum atomic E-state index is 12.8. The lowest BCUT2D eigenvalue weighted by atomic mass is 9.96. The molecule has 2 amide bonds. The molecular formula is C19H26N2O2. The molecule has 23 heavy (non-hydrogen) atoms. The van der Waals surface area contributed by atoms with Gasteiger partial charge in [0.05, 0.1) is 0 Å². The first-order valence-electron chi connectivity index (χ1n) is 8.60. The van der Waals surface area contributed by atoms with Gasteiger partial charge in [0, 0.05) is 18.8 Å². The second-order valence-corrected chi connectivity index (χ2v) is 7.31. The molecule has 1 N–H and O–H groups in total. The van der Waals surface area contributed by atoms with Gasteiger partial charge in [0.1, 0.15) is 5.41 Å². The minimum absolute atomic E-state index is 0.0331. The molecule has 0 radical (unpaired) electrons. The first-order valence-corrected chi connectivity index (χ1v) is 8.60. The molecule has 2 fully saturated rings. The zero-order chi connectivity index (χ0) is 16.6. The molecule has 2 aliphatic rings. The van der Waals surface area contributed by atoms with Gasteiger partial charge in [-0.3, -0.25) is 9.59 Å². The van der Waals surface area contributed by atoms with Crippen LogP contribution in [0.5, 0.6) is 0 Å². The van der Waals surface area contributed by atoms with Gasteiger partial charge >= 0.3 is 0 Å². The fourth-order valence-electron chi connectivity index (χ4n) is 3.25. The number of piperidine rings is 1. The second-order valence-electron chi connectivity index (χ2n) is 7.31. The van der Waals surface area contributed by atoms with Crippen molar-refractivity contribution in [1.29, 1.82) is 0 Å². The molecule has 1 aromatic rings. The summed E-state index contributed by atoms with van der Waals surface area (Å²) in [7, 11) is 0. The quantitative estimate of drug-likeness (QED) is 0.870. The summed E-state index contributed by atoms with van der Waals surface area (Å²) in [6, 6.07) is 5.87. The molecule has 0 atom stereocenters. The molecule has 1 heterocycles. The van der Waals surface area contributed by atoms with Crippen LogP contribution in [0.1, 0.15) is 43.7 Å². The Morgan fingerprint density at radius 1 is 1.13 bits per heavy atom. The monoisotopic (exact) mass is 314 g/mol. The van der Waals surface area contributed by atoms with Crippen LogP contribution in [0.15, 0.2) is 18.2 Å². The number of hydrogen-bond donors (Lipinski definition) is 1. The first-order chi connectivity index (χ1) is 10.9. The highest BCUT2D eigenvalue weighted by molar-refractivity contribution is 6.13. The zero-order valence-electron chi connectivity index (χ0n) is 14.3. The molecule has 3 rings (SSSR count). The fraction of sp³-hybridized carbons (Fsp3) is 0.579. The topological polar surface area (TPSA) is 49.4 Å². The Hall–Kier alpha value is -1.84. The van der Waals surface area contributed by atoms with Crippen LogP contribution in [0.2, 0.25) is 0 Å². The van der Waals surface area contributed by atoms with E-state index in [2.05, 4.69) is 12.2 Å². The molecule has 1 aromatic carbocycles. The average molecular weight is 314 g/mol. The van der Waals surface area contributed by atoms with Gasteiger partial charge in [-0.1, -0.05) is 13.0 Å². The number of likely N-dealkylation sites (tertiary alicyclic amines) is 1. The Balaban J connectivity index is 1.68. The molecule has 4 heteroatoms. The van der Waals surface area contributed by atoms with E-state index in [1.54, 1.807) is 0 Å². The molecule has 0 bridgehead atoms. The van der Waals surface area contributed by atoms with Gasteiger partial charge in [0.15, 0.2) is 0 Å². The fourth-order valence-corrected chi connectivity index (χ4v) is 3.25. The largest absolute Gasteiger partial charge is 0.342 e. The van der Waals surface area contributed by atoms with Gasteiger partial charge < -0.3 is 10.2 Å². The van der Waals surface area contributed by atoms with E-state index in [0.717, 1.165) is 37.2 Å². The number of hydrogen-bond acceptors (Lipinski definition) is 2. The third-order valence-corrected chi connectivity index (χ3v) is 5.43. The van der Waals surface area contributed by atoms with Crippen molar-refractivity contribution < 1.29 is 9.59 Å². The summed E-state index contributed by atoms with van der Waals surface area (Å²) in [5, 5.41) is 2.96. The molecule has 1 aliphatic heterocycles. The molecule has 0 aromatic heterocycles. The maximum absolute atomic E-state index is 12.8. The summed E-state index contributed by atoms with van der Waals surface area (Å²) in [6.45, 7) is 7.88. The number of nitrogens with zero attached hydrogens (tertiary/aromatic N) is 1. The van der Waals surface area contributed by atoms with E-state index in [-0.39, 0.29) is 11.8 Å². The number of anilines is 1. The summed E-state index contributed by atoms with van der Waals surface area (Å²) in [4.78, 5) is 27.4. The third-order valence-electron chi connectivity index (χ3n) is 5.43. The van der Waals surface area contributed by atoms with Gasteiger partial charge in [-0.25, -0.2) is 0 Å². The predicted molar refractivity (Wildman–Crippen MR) is 91.2 cm³/mol. The minimum Gasteiger partial charge on any atom is -0.342 e. The third kappa shape index (κ3) is 3.12. The number of carbonyl (C=O) groups excluding carboxylic acids is 2. The average Bonchev–Trinajstić information content (AvgIpc) is 3.33. The lowest BCUT2D eigenvalue weighted by molar-refractivity contribution is -0.143. The highest BCUT2D eigenvalue weighted by Gasteiger charge is 2.58. The van der Waals surface area contributed by atoms with E-state index < -0.39 is 5.41 Å². The predicted octanol–water partition coefficient (Wildman–Crippen LogP) is 3.28. The Morgan fingerprint density at radius 2 is 1.78 bits per heavy atom. The number of nitrogens with one attached hydrogen (secondary N) is 1. The summed E-state index contributed by atoms with van der Waals surface area (Å²) in [5.41, 5.74) is 2.32. The normalized spacial score (nSPS) is 20.2. The summed E-state index contributed by atoms with van der Waals surface area (Å²) < 4.78 is 0. The van der Waals surface area contributed by atoms with Crippen LogP contribution in [-0.4, -0.2) is 29.8 Å². The minimum atomic E-state index is -0.806.